The third kappa shape index (κ3) is 4.72. The molecule has 0 bridgehead atoms. The smallest absolute Gasteiger partial charge is 0.110 e. The number of hydrogen-bond donors (Lipinski definition) is 5. The van der Waals surface area contributed by atoms with E-state index < -0.39 is 31.0 Å². The Morgan fingerprint density at radius 2 is 1.22 bits per heavy atom. The van der Waals surface area contributed by atoms with Crippen molar-refractivity contribution in [2.24, 2.45) is 68.5 Å². The second-order valence-corrected chi connectivity index (χ2v) is 18.0. The molecule has 0 aromatic carbocycles. The lowest BCUT2D eigenvalue weighted by Gasteiger charge is -2.73. The van der Waals surface area contributed by atoms with Gasteiger partial charge in [-0.1, -0.05) is 55.4 Å². The van der Waals surface area contributed by atoms with Crippen LogP contribution in [-0.2, 0) is 0 Å². The molecule has 0 heterocycles. The number of rotatable bonds is 7. The molecule has 8 unspecified atom stereocenters. The second kappa shape index (κ2) is 10.7. The fourth-order valence-corrected chi connectivity index (χ4v) is 14.0. The molecule has 0 amide bonds. The Labute approximate surface area is 250 Å². The van der Waals surface area contributed by atoms with Crippen molar-refractivity contribution >= 4 is 0 Å². The first-order valence-corrected chi connectivity index (χ1v) is 17.3. The Morgan fingerprint density at radius 3 is 1.83 bits per heavy atom. The Kier molecular flexibility index (Phi) is 8.41. The van der Waals surface area contributed by atoms with Crippen LogP contribution < -0.4 is 0 Å². The predicted octanol–water partition coefficient (Wildman–Crippen LogP) is 6.19. The summed E-state index contributed by atoms with van der Waals surface area (Å²) < 4.78 is 0. The molecule has 5 saturated carbocycles. The summed E-state index contributed by atoms with van der Waals surface area (Å²) in [7, 11) is 0. The molecule has 0 spiro atoms. The quantitative estimate of drug-likeness (QED) is 0.249. The molecule has 0 aromatic heterocycles. The predicted molar refractivity (Wildman–Crippen MR) is 164 cm³/mol. The maximum Gasteiger partial charge on any atom is 0.110 e. The molecule has 5 heteroatoms. The van der Waals surface area contributed by atoms with Gasteiger partial charge in [0.15, 0.2) is 0 Å². The van der Waals surface area contributed by atoms with Crippen LogP contribution in [0.25, 0.3) is 0 Å². The van der Waals surface area contributed by atoms with E-state index >= 15 is 0 Å². The summed E-state index contributed by atoms with van der Waals surface area (Å²) in [4.78, 5) is 0. The van der Waals surface area contributed by atoms with Crippen molar-refractivity contribution in [2.45, 2.75) is 150 Å². The molecular weight excluding hydrogens is 512 g/mol. The van der Waals surface area contributed by atoms with Crippen molar-refractivity contribution in [3.05, 3.63) is 0 Å². The highest BCUT2D eigenvalue weighted by molar-refractivity contribution is 5.19. The van der Waals surface area contributed by atoms with E-state index in [0.717, 1.165) is 23.7 Å². The molecule has 5 fully saturated rings. The Morgan fingerprint density at radius 1 is 0.659 bits per heavy atom. The van der Waals surface area contributed by atoms with Gasteiger partial charge in [-0.15, -0.1) is 0 Å². The van der Waals surface area contributed by atoms with Crippen LogP contribution in [0.3, 0.4) is 0 Å². The van der Waals surface area contributed by atoms with E-state index in [1.54, 1.807) is 0 Å². The normalized spacial score (nSPS) is 50.9. The first-order valence-electron chi connectivity index (χ1n) is 17.3. The fourth-order valence-electron chi connectivity index (χ4n) is 14.0. The van der Waals surface area contributed by atoms with E-state index in [0.29, 0.717) is 45.3 Å². The molecule has 41 heavy (non-hydrogen) atoms. The van der Waals surface area contributed by atoms with E-state index in [1.807, 2.05) is 0 Å². The van der Waals surface area contributed by atoms with Gasteiger partial charge < -0.3 is 25.5 Å². The number of aliphatic hydroxyl groups excluding tert-OH is 5. The number of fused-ring (bicyclic) bond motifs is 7. The van der Waals surface area contributed by atoms with Crippen LogP contribution >= 0.6 is 0 Å². The molecular formula is C36H64O5. The summed E-state index contributed by atoms with van der Waals surface area (Å²) in [6.45, 7) is 20.0. The largest absolute Gasteiger partial charge is 0.394 e. The van der Waals surface area contributed by atoms with E-state index in [1.165, 1.54) is 64.2 Å². The first-order chi connectivity index (χ1) is 19.0. The monoisotopic (exact) mass is 576 g/mol. The van der Waals surface area contributed by atoms with Gasteiger partial charge in [-0.05, 0) is 139 Å². The average Bonchev–Trinajstić information content (AvgIpc) is 3.23. The van der Waals surface area contributed by atoms with E-state index in [-0.39, 0.29) is 5.92 Å². The standard InChI is InChI=1S/C36H64O5/c1-21-18-32(3,4)27-13-16-36(8)29(34(27,6)19-21)10-9-28-33(5)14-11-23(24(33)12-15-35(28,36)7)22(2)17-25(38)30(40)31(41)26(39)20-37/h21-31,37-41H,9-20H2,1-8H3/t21?,22?,23?,24?,25?,26?,27-,28+,29+,30?,31?,33-,34-,35+,36+/m0/s1. The number of hydrogen-bond acceptors (Lipinski definition) is 5. The summed E-state index contributed by atoms with van der Waals surface area (Å²) in [5.74, 6) is 4.56. The van der Waals surface area contributed by atoms with Crippen LogP contribution in [0.2, 0.25) is 0 Å². The van der Waals surface area contributed by atoms with Gasteiger partial charge in [0.2, 0.25) is 0 Å². The van der Waals surface area contributed by atoms with E-state index in [4.69, 9.17) is 5.11 Å². The molecule has 15 atom stereocenters. The van der Waals surface area contributed by atoms with Crippen molar-refractivity contribution in [1.29, 1.82) is 0 Å². The van der Waals surface area contributed by atoms with Crippen molar-refractivity contribution in [1.82, 2.24) is 0 Å². The van der Waals surface area contributed by atoms with Gasteiger partial charge in [0, 0.05) is 0 Å². The van der Waals surface area contributed by atoms with Crippen LogP contribution in [0.15, 0.2) is 0 Å². The minimum absolute atomic E-state index is 0.224. The molecule has 5 rings (SSSR count). The van der Waals surface area contributed by atoms with Gasteiger partial charge in [-0.25, -0.2) is 0 Å². The molecule has 5 aliphatic carbocycles. The van der Waals surface area contributed by atoms with Gasteiger partial charge in [0.05, 0.1) is 12.7 Å². The summed E-state index contributed by atoms with van der Waals surface area (Å²) in [5, 5.41) is 50.3. The lowest BCUT2D eigenvalue weighted by atomic mass is 9.31. The lowest BCUT2D eigenvalue weighted by molar-refractivity contribution is -0.245. The van der Waals surface area contributed by atoms with Gasteiger partial charge >= 0.3 is 0 Å². The lowest BCUT2D eigenvalue weighted by Crippen LogP contribution is -2.66. The van der Waals surface area contributed by atoms with Crippen LogP contribution in [-0.4, -0.2) is 56.6 Å². The summed E-state index contributed by atoms with van der Waals surface area (Å²) in [5.41, 5.74) is 1.94. The Bertz CT molecular complexity index is 952. The number of aliphatic hydroxyl groups is 5. The zero-order chi connectivity index (χ0) is 30.3. The zero-order valence-electron chi connectivity index (χ0n) is 27.6. The van der Waals surface area contributed by atoms with Gasteiger partial charge in [-0.2, -0.15) is 0 Å². The minimum Gasteiger partial charge on any atom is -0.394 e. The van der Waals surface area contributed by atoms with E-state index in [9.17, 15) is 20.4 Å². The minimum atomic E-state index is -1.54. The second-order valence-electron chi connectivity index (χ2n) is 18.0. The van der Waals surface area contributed by atoms with Gasteiger partial charge in [0.1, 0.15) is 18.3 Å². The fraction of sp³-hybridized carbons (Fsp3) is 1.00. The molecule has 5 N–H and O–H groups in total. The van der Waals surface area contributed by atoms with Crippen molar-refractivity contribution < 1.29 is 25.5 Å². The van der Waals surface area contributed by atoms with E-state index in [2.05, 4.69) is 55.4 Å². The molecule has 5 aliphatic rings. The zero-order valence-corrected chi connectivity index (χ0v) is 27.6. The van der Waals surface area contributed by atoms with Crippen LogP contribution in [0.1, 0.15) is 126 Å². The van der Waals surface area contributed by atoms with Crippen LogP contribution in [0, 0.1) is 68.5 Å². The summed E-state index contributed by atoms with van der Waals surface area (Å²) in [6.07, 6.45) is 8.12. The van der Waals surface area contributed by atoms with Crippen LogP contribution in [0.5, 0.6) is 0 Å². The van der Waals surface area contributed by atoms with Crippen molar-refractivity contribution in [3.8, 4) is 0 Å². The molecule has 0 aromatic rings. The first kappa shape index (κ1) is 32.2. The third-order valence-electron chi connectivity index (χ3n) is 15.6. The Balaban J connectivity index is 1.35. The SMILES string of the molecule is CC1CC(C)(C)[C@@H]2CC[C@]3(C)[C@H](CC[C@@H]4[C@@]5(C)CCC(C(C)CC(O)C(O)C(O)C(O)CO)C5CC[C@]43C)[C@@]2(C)C1. The van der Waals surface area contributed by atoms with Gasteiger partial charge in [0.25, 0.3) is 0 Å². The highest BCUT2D eigenvalue weighted by Gasteiger charge is 2.70. The molecule has 0 aliphatic heterocycles. The summed E-state index contributed by atoms with van der Waals surface area (Å²) in [6, 6.07) is 0. The molecule has 0 radical (unpaired) electrons. The molecule has 5 nitrogen and oxygen atoms in total. The third-order valence-corrected chi connectivity index (χ3v) is 15.6. The highest BCUT2D eigenvalue weighted by atomic mass is 16.4. The van der Waals surface area contributed by atoms with Gasteiger partial charge in [-0.3, -0.25) is 0 Å². The van der Waals surface area contributed by atoms with Crippen molar-refractivity contribution in [3.63, 3.8) is 0 Å². The summed E-state index contributed by atoms with van der Waals surface area (Å²) >= 11 is 0. The molecule has 0 saturated heterocycles. The van der Waals surface area contributed by atoms with Crippen molar-refractivity contribution in [2.75, 3.05) is 6.61 Å². The maximum absolute atomic E-state index is 10.8. The average molecular weight is 577 g/mol. The maximum atomic E-state index is 10.8. The topological polar surface area (TPSA) is 101 Å². The molecule has 238 valence electrons. The highest BCUT2D eigenvalue weighted by Crippen LogP contribution is 2.78. The Hall–Kier alpha value is -0.200. The van der Waals surface area contributed by atoms with Crippen LogP contribution in [0.4, 0.5) is 0 Å².